The normalized spacial score (nSPS) is 29.3. The van der Waals surface area contributed by atoms with Crippen molar-refractivity contribution in [2.45, 2.75) is 18.4 Å². The van der Waals surface area contributed by atoms with E-state index < -0.39 is 0 Å². The summed E-state index contributed by atoms with van der Waals surface area (Å²) in [4.78, 5) is 15.5. The van der Waals surface area contributed by atoms with Gasteiger partial charge in [-0.05, 0) is 38.1 Å². The largest absolute Gasteiger partial charge is 0.455 e. The number of hydrogen-bond acceptors (Lipinski definition) is 7. The minimum absolute atomic E-state index is 0.158. The summed E-state index contributed by atoms with van der Waals surface area (Å²) in [7, 11) is 0. The number of benzene rings is 1. The molecule has 3 fully saturated rings. The van der Waals surface area contributed by atoms with E-state index in [-0.39, 0.29) is 5.60 Å². The molecular weight excluding hydrogens is 330 g/mol. The number of fused-ring (bicyclic) bond motifs is 2. The highest BCUT2D eigenvalue weighted by molar-refractivity contribution is 5.89. The van der Waals surface area contributed by atoms with Crippen molar-refractivity contribution >= 4 is 11.8 Å². The molecule has 7 heteroatoms. The number of piperidine rings is 3. The first-order valence-corrected chi connectivity index (χ1v) is 9.07. The van der Waals surface area contributed by atoms with E-state index >= 15 is 0 Å². The summed E-state index contributed by atoms with van der Waals surface area (Å²) in [6.07, 6.45) is 3.87. The van der Waals surface area contributed by atoms with Crippen molar-refractivity contribution in [1.82, 2.24) is 14.9 Å². The van der Waals surface area contributed by atoms with Gasteiger partial charge in [0.15, 0.2) is 0 Å². The second-order valence-corrected chi connectivity index (χ2v) is 7.12. The van der Waals surface area contributed by atoms with Crippen molar-refractivity contribution in [1.29, 1.82) is 0 Å². The molecule has 6 rings (SSSR count). The maximum absolute atomic E-state index is 6.28. The Morgan fingerprint density at radius 1 is 1.15 bits per heavy atom. The Morgan fingerprint density at radius 3 is 2.77 bits per heavy atom. The third-order valence-electron chi connectivity index (χ3n) is 5.46. The Balaban J connectivity index is 1.27. The molecule has 1 aromatic heterocycles. The van der Waals surface area contributed by atoms with Gasteiger partial charge in [-0.2, -0.15) is 0 Å². The number of aromatic nitrogens is 2. The lowest BCUT2D eigenvalue weighted by atomic mass is 9.75. The Labute approximate surface area is 152 Å². The molecule has 1 unspecified atom stereocenters. The second kappa shape index (κ2) is 6.25. The molecule has 5 heterocycles. The van der Waals surface area contributed by atoms with Crippen LogP contribution >= 0.6 is 0 Å². The number of nitrogens with one attached hydrogen (secondary N) is 1. The fourth-order valence-electron chi connectivity index (χ4n) is 4.13. The van der Waals surface area contributed by atoms with Crippen LogP contribution in [0.4, 0.5) is 5.82 Å². The molecular formula is C19H21N5O2. The van der Waals surface area contributed by atoms with E-state index in [1.54, 1.807) is 6.07 Å². The van der Waals surface area contributed by atoms with E-state index in [2.05, 4.69) is 25.2 Å². The van der Waals surface area contributed by atoms with Gasteiger partial charge in [0.25, 0.3) is 6.02 Å². The van der Waals surface area contributed by atoms with Crippen molar-refractivity contribution in [3.05, 3.63) is 42.7 Å². The molecule has 7 nitrogen and oxygen atoms in total. The minimum Gasteiger partial charge on any atom is -0.455 e. The molecule has 134 valence electrons. The monoisotopic (exact) mass is 351 g/mol. The zero-order valence-corrected chi connectivity index (χ0v) is 14.5. The molecule has 0 radical (unpaired) electrons. The predicted octanol–water partition coefficient (Wildman–Crippen LogP) is 2.53. The van der Waals surface area contributed by atoms with Crippen molar-refractivity contribution in [3.8, 4) is 11.6 Å². The first-order valence-electron chi connectivity index (χ1n) is 9.07. The number of aliphatic imine (C=N–C) groups is 1. The van der Waals surface area contributed by atoms with Gasteiger partial charge < -0.3 is 9.47 Å². The lowest BCUT2D eigenvalue weighted by Gasteiger charge is -2.50. The van der Waals surface area contributed by atoms with Crippen LogP contribution in [-0.4, -0.2) is 52.7 Å². The smallest absolute Gasteiger partial charge is 0.291 e. The molecule has 1 atom stereocenters. The summed E-state index contributed by atoms with van der Waals surface area (Å²) < 4.78 is 12.0. The molecule has 1 N–H and O–H groups in total. The molecule has 0 aliphatic carbocycles. The van der Waals surface area contributed by atoms with Gasteiger partial charge in [0.05, 0.1) is 6.54 Å². The summed E-state index contributed by atoms with van der Waals surface area (Å²) in [5.74, 6) is 2.42. The van der Waals surface area contributed by atoms with E-state index in [9.17, 15) is 0 Å². The van der Waals surface area contributed by atoms with Crippen LogP contribution < -0.4 is 10.1 Å². The molecule has 26 heavy (non-hydrogen) atoms. The Hall–Kier alpha value is -2.67. The van der Waals surface area contributed by atoms with Crippen LogP contribution in [0, 0.1) is 5.92 Å². The quantitative estimate of drug-likeness (QED) is 0.916. The van der Waals surface area contributed by atoms with Gasteiger partial charge >= 0.3 is 0 Å². The van der Waals surface area contributed by atoms with Crippen LogP contribution in [0.15, 0.2) is 47.7 Å². The third-order valence-corrected chi connectivity index (χ3v) is 5.46. The molecule has 0 amide bonds. The van der Waals surface area contributed by atoms with Crippen molar-refractivity contribution < 1.29 is 9.47 Å². The summed E-state index contributed by atoms with van der Waals surface area (Å²) in [5, 5.41) is 3.18. The number of para-hydroxylation sites is 1. The summed E-state index contributed by atoms with van der Waals surface area (Å²) in [6, 6.07) is 11.9. The number of rotatable bonds is 3. The third kappa shape index (κ3) is 2.88. The molecule has 2 aromatic rings. The van der Waals surface area contributed by atoms with Gasteiger partial charge in [0.2, 0.25) is 5.88 Å². The molecule has 1 spiro atoms. The van der Waals surface area contributed by atoms with E-state index in [1.165, 1.54) is 32.3 Å². The summed E-state index contributed by atoms with van der Waals surface area (Å²) >= 11 is 0. The Morgan fingerprint density at radius 2 is 2.00 bits per heavy atom. The van der Waals surface area contributed by atoms with Crippen LogP contribution in [0.3, 0.4) is 0 Å². The lowest BCUT2D eigenvalue weighted by molar-refractivity contribution is -0.0829. The average Bonchev–Trinajstić information content (AvgIpc) is 3.06. The van der Waals surface area contributed by atoms with Crippen molar-refractivity contribution in [2.24, 2.45) is 10.9 Å². The van der Waals surface area contributed by atoms with Gasteiger partial charge in [-0.3, -0.25) is 10.2 Å². The van der Waals surface area contributed by atoms with Gasteiger partial charge in [-0.15, -0.1) is 0 Å². The Bertz CT molecular complexity index is 820. The number of ether oxygens (including phenoxy) is 2. The predicted molar refractivity (Wildman–Crippen MR) is 97.5 cm³/mol. The molecule has 1 aromatic carbocycles. The molecule has 0 saturated carbocycles. The summed E-state index contributed by atoms with van der Waals surface area (Å²) in [5.41, 5.74) is -0.158. The zero-order chi connectivity index (χ0) is 17.4. The van der Waals surface area contributed by atoms with Crippen LogP contribution in [-0.2, 0) is 4.74 Å². The molecule has 3 saturated heterocycles. The van der Waals surface area contributed by atoms with Crippen LogP contribution in [0.25, 0.3) is 0 Å². The first-order chi connectivity index (χ1) is 12.8. The number of anilines is 1. The maximum atomic E-state index is 6.28. The van der Waals surface area contributed by atoms with E-state index in [1.807, 2.05) is 30.3 Å². The first kappa shape index (κ1) is 15.6. The maximum Gasteiger partial charge on any atom is 0.291 e. The lowest BCUT2D eigenvalue weighted by Crippen LogP contribution is -2.61. The average molecular weight is 351 g/mol. The zero-order valence-electron chi connectivity index (χ0n) is 14.5. The van der Waals surface area contributed by atoms with Gasteiger partial charge in [-0.25, -0.2) is 15.0 Å². The van der Waals surface area contributed by atoms with Crippen LogP contribution in [0.1, 0.15) is 12.8 Å². The highest BCUT2D eigenvalue weighted by Crippen LogP contribution is 2.40. The summed E-state index contributed by atoms with van der Waals surface area (Å²) in [6.45, 7) is 4.06. The topological polar surface area (TPSA) is 71.9 Å². The number of nitrogens with zero attached hydrogens (tertiary/aromatic N) is 4. The highest BCUT2D eigenvalue weighted by Gasteiger charge is 2.51. The van der Waals surface area contributed by atoms with Crippen molar-refractivity contribution in [2.75, 3.05) is 31.5 Å². The van der Waals surface area contributed by atoms with Gasteiger partial charge in [-0.1, -0.05) is 18.2 Å². The number of amidine groups is 1. The minimum atomic E-state index is -0.158. The van der Waals surface area contributed by atoms with E-state index in [4.69, 9.17) is 9.47 Å². The number of hydrogen-bond donors (Lipinski definition) is 1. The molecule has 4 aliphatic rings. The standard InChI is InChI=1S/C19H21N5O2/c1-2-4-15(5-3-1)25-17-10-16(21-13-22-17)23-18-20-11-19(26-18)12-24-8-6-14(19)7-9-24/h1-5,10,13-14H,6-9,11-12H2,(H,20,21,22,23). The second-order valence-electron chi connectivity index (χ2n) is 7.12. The molecule has 2 bridgehead atoms. The SMILES string of the molecule is c1ccc(Oc2cc(NC3=NCC4(CN5CCC4CC5)O3)ncn2)cc1. The van der Waals surface area contributed by atoms with Crippen LogP contribution in [0.2, 0.25) is 0 Å². The Kier molecular flexibility index (Phi) is 3.74. The van der Waals surface area contributed by atoms with E-state index in [0.29, 0.717) is 23.6 Å². The fourth-order valence-corrected chi connectivity index (χ4v) is 4.13. The highest BCUT2D eigenvalue weighted by atomic mass is 16.5. The van der Waals surface area contributed by atoms with Crippen LogP contribution in [0.5, 0.6) is 11.6 Å². The van der Waals surface area contributed by atoms with E-state index in [0.717, 1.165) is 18.8 Å². The molecule has 4 aliphatic heterocycles. The van der Waals surface area contributed by atoms with Gasteiger partial charge in [0.1, 0.15) is 23.5 Å². The fraction of sp³-hybridized carbons (Fsp3) is 0.421. The van der Waals surface area contributed by atoms with Gasteiger partial charge in [0, 0.05) is 18.5 Å². The van der Waals surface area contributed by atoms with Crippen molar-refractivity contribution in [3.63, 3.8) is 0 Å².